The van der Waals surface area contributed by atoms with Crippen molar-refractivity contribution in [2.45, 2.75) is 59.8 Å². The summed E-state index contributed by atoms with van der Waals surface area (Å²) < 4.78 is 0. The number of hydrogen-bond donors (Lipinski definition) is 4. The largest absolute Gasteiger partial charge is 0.175 e. The SMILES string of the molecule is CC(C)(c1ccc(CS)cc1)c1ccc(CS)cc1.CC(C)(c1ccc(S)cc1)c1ccc(S)cc1. The van der Waals surface area contributed by atoms with Gasteiger partial charge in [0.2, 0.25) is 0 Å². The van der Waals surface area contributed by atoms with Crippen molar-refractivity contribution < 1.29 is 0 Å². The van der Waals surface area contributed by atoms with Gasteiger partial charge in [-0.05, 0) is 57.6 Å². The van der Waals surface area contributed by atoms with Gasteiger partial charge in [0.1, 0.15) is 0 Å². The number of thiol groups is 4. The van der Waals surface area contributed by atoms with E-state index in [4.69, 9.17) is 0 Å². The van der Waals surface area contributed by atoms with Gasteiger partial charge in [0.25, 0.3) is 0 Å². The predicted octanol–water partition coefficient (Wildman–Crippen LogP) is 9.46. The van der Waals surface area contributed by atoms with Crippen molar-refractivity contribution >= 4 is 50.5 Å². The minimum atomic E-state index is 0.00293. The summed E-state index contributed by atoms with van der Waals surface area (Å²) in [5, 5.41) is 0. The minimum absolute atomic E-state index is 0.00293. The summed E-state index contributed by atoms with van der Waals surface area (Å²) in [6.45, 7) is 8.99. The number of benzene rings is 4. The molecular weight excluding hydrogens is 513 g/mol. The van der Waals surface area contributed by atoms with E-state index in [2.05, 4.69) is 151 Å². The van der Waals surface area contributed by atoms with E-state index in [0.717, 1.165) is 21.3 Å². The molecule has 0 saturated heterocycles. The maximum absolute atomic E-state index is 4.32. The molecule has 36 heavy (non-hydrogen) atoms. The Hall–Kier alpha value is -1.72. The fourth-order valence-corrected chi connectivity index (χ4v) is 4.86. The molecule has 0 atom stereocenters. The number of rotatable bonds is 6. The third kappa shape index (κ3) is 7.19. The predicted molar refractivity (Wildman–Crippen MR) is 170 cm³/mol. The third-order valence-electron chi connectivity index (χ3n) is 6.89. The standard InChI is InChI=1S/C17H20S2.C15H16S2/c1-17(2,15-7-3-13(11-18)4-8-15)16-9-5-14(12-19)6-10-16;1-15(2,11-3-7-13(16)8-4-11)12-5-9-14(17)10-6-12/h3-10,18-19H,11-12H2,1-2H3;3-10,16-17H,1-2H3. The second kappa shape index (κ2) is 12.7. The summed E-state index contributed by atoms with van der Waals surface area (Å²) in [4.78, 5) is 1.99. The molecule has 0 heterocycles. The van der Waals surface area contributed by atoms with E-state index < -0.39 is 0 Å². The lowest BCUT2D eigenvalue weighted by atomic mass is 9.78. The van der Waals surface area contributed by atoms with Gasteiger partial charge in [-0.25, -0.2) is 0 Å². The highest BCUT2D eigenvalue weighted by Gasteiger charge is 2.23. The van der Waals surface area contributed by atoms with Crippen LogP contribution in [-0.2, 0) is 22.3 Å². The molecule has 0 aromatic heterocycles. The van der Waals surface area contributed by atoms with E-state index in [-0.39, 0.29) is 10.8 Å². The first-order valence-electron chi connectivity index (χ1n) is 12.1. The second-order valence-corrected chi connectivity index (χ2v) is 11.7. The molecule has 0 bridgehead atoms. The Bertz CT molecular complexity index is 1120. The van der Waals surface area contributed by atoms with Crippen LogP contribution in [0.25, 0.3) is 0 Å². The molecule has 0 aliphatic heterocycles. The van der Waals surface area contributed by atoms with E-state index >= 15 is 0 Å². The lowest BCUT2D eigenvalue weighted by molar-refractivity contribution is 0.639. The van der Waals surface area contributed by atoms with Gasteiger partial charge in [-0.3, -0.25) is 0 Å². The fraction of sp³-hybridized carbons (Fsp3) is 0.250. The van der Waals surface area contributed by atoms with Crippen molar-refractivity contribution in [3.63, 3.8) is 0 Å². The highest BCUT2D eigenvalue weighted by molar-refractivity contribution is 7.80. The van der Waals surface area contributed by atoms with Gasteiger partial charge in [-0.1, -0.05) is 100 Å². The van der Waals surface area contributed by atoms with Gasteiger partial charge in [0, 0.05) is 32.1 Å². The summed E-state index contributed by atoms with van der Waals surface area (Å²) in [6.07, 6.45) is 0. The molecule has 0 saturated carbocycles. The Morgan fingerprint density at radius 3 is 0.861 bits per heavy atom. The summed E-state index contributed by atoms with van der Waals surface area (Å²) in [7, 11) is 0. The Kier molecular flexibility index (Phi) is 10.2. The molecule has 0 amide bonds. The Morgan fingerprint density at radius 2 is 0.639 bits per heavy atom. The van der Waals surface area contributed by atoms with Crippen LogP contribution in [0.5, 0.6) is 0 Å². The molecule has 0 aliphatic carbocycles. The Morgan fingerprint density at radius 1 is 0.417 bits per heavy atom. The van der Waals surface area contributed by atoms with Crippen LogP contribution in [0.15, 0.2) is 107 Å². The lowest BCUT2D eigenvalue weighted by Gasteiger charge is -2.26. The fourth-order valence-electron chi connectivity index (χ4n) is 4.14. The molecular formula is C32H36S4. The quantitative estimate of drug-likeness (QED) is 0.169. The molecule has 188 valence electrons. The highest BCUT2D eigenvalue weighted by Crippen LogP contribution is 2.33. The van der Waals surface area contributed by atoms with E-state index in [1.165, 1.54) is 33.4 Å². The highest BCUT2D eigenvalue weighted by atomic mass is 32.1. The van der Waals surface area contributed by atoms with Crippen molar-refractivity contribution in [2.75, 3.05) is 0 Å². The zero-order valence-electron chi connectivity index (χ0n) is 21.4. The monoisotopic (exact) mass is 548 g/mol. The van der Waals surface area contributed by atoms with Crippen LogP contribution >= 0.6 is 50.5 Å². The van der Waals surface area contributed by atoms with E-state index in [9.17, 15) is 0 Å². The molecule has 4 aromatic rings. The molecule has 0 spiro atoms. The normalized spacial score (nSPS) is 11.6. The Balaban J connectivity index is 0.000000202. The van der Waals surface area contributed by atoms with Crippen LogP contribution in [0.4, 0.5) is 0 Å². The maximum Gasteiger partial charge on any atom is 0.0154 e. The lowest BCUT2D eigenvalue weighted by Crippen LogP contribution is -2.18. The van der Waals surface area contributed by atoms with E-state index in [1.54, 1.807) is 0 Å². The van der Waals surface area contributed by atoms with E-state index in [0.29, 0.717) is 0 Å². The summed E-state index contributed by atoms with van der Waals surface area (Å²) in [6, 6.07) is 34.1. The molecule has 0 nitrogen and oxygen atoms in total. The number of hydrogen-bond acceptors (Lipinski definition) is 4. The van der Waals surface area contributed by atoms with Crippen molar-refractivity contribution in [2.24, 2.45) is 0 Å². The average molecular weight is 549 g/mol. The maximum atomic E-state index is 4.32. The smallest absolute Gasteiger partial charge is 0.0154 e. The molecule has 0 fully saturated rings. The van der Waals surface area contributed by atoms with E-state index in [1.807, 2.05) is 24.3 Å². The van der Waals surface area contributed by atoms with Crippen molar-refractivity contribution in [3.8, 4) is 0 Å². The zero-order chi connectivity index (χ0) is 26.3. The van der Waals surface area contributed by atoms with Crippen LogP contribution in [-0.4, -0.2) is 0 Å². The minimum Gasteiger partial charge on any atom is -0.175 e. The van der Waals surface area contributed by atoms with Crippen molar-refractivity contribution in [3.05, 3.63) is 130 Å². The van der Waals surface area contributed by atoms with Crippen LogP contribution in [0.2, 0.25) is 0 Å². The third-order valence-corrected chi connectivity index (χ3v) is 8.22. The van der Waals surface area contributed by atoms with Crippen LogP contribution in [0.3, 0.4) is 0 Å². The first kappa shape index (κ1) is 28.8. The molecule has 0 unspecified atom stereocenters. The average Bonchev–Trinajstić information content (AvgIpc) is 2.89. The van der Waals surface area contributed by atoms with Gasteiger partial charge in [0.05, 0.1) is 0 Å². The van der Waals surface area contributed by atoms with Crippen LogP contribution in [0, 0.1) is 0 Å². The van der Waals surface area contributed by atoms with Crippen molar-refractivity contribution in [1.82, 2.24) is 0 Å². The van der Waals surface area contributed by atoms with Gasteiger partial charge in [0.15, 0.2) is 0 Å². The summed E-state index contributed by atoms with van der Waals surface area (Å²) in [5.74, 6) is 1.58. The molecule has 4 heteroatoms. The van der Waals surface area contributed by atoms with Gasteiger partial charge in [-0.15, -0.1) is 25.3 Å². The van der Waals surface area contributed by atoms with Gasteiger partial charge >= 0.3 is 0 Å². The van der Waals surface area contributed by atoms with Crippen LogP contribution in [0.1, 0.15) is 61.1 Å². The Labute approximate surface area is 239 Å². The topological polar surface area (TPSA) is 0 Å². The summed E-state index contributed by atoms with van der Waals surface area (Å²) in [5.41, 5.74) is 7.78. The first-order chi connectivity index (χ1) is 17.1. The second-order valence-electron chi connectivity index (χ2n) is 10.1. The first-order valence-corrected chi connectivity index (χ1v) is 14.2. The van der Waals surface area contributed by atoms with Gasteiger partial charge < -0.3 is 0 Å². The van der Waals surface area contributed by atoms with Gasteiger partial charge in [-0.2, -0.15) is 25.3 Å². The summed E-state index contributed by atoms with van der Waals surface area (Å²) >= 11 is 17.2. The molecule has 4 rings (SSSR count). The molecule has 0 aliphatic rings. The van der Waals surface area contributed by atoms with Crippen LogP contribution < -0.4 is 0 Å². The van der Waals surface area contributed by atoms with Crippen molar-refractivity contribution in [1.29, 1.82) is 0 Å². The molecule has 0 N–H and O–H groups in total. The zero-order valence-corrected chi connectivity index (χ0v) is 25.0. The molecule has 0 radical (unpaired) electrons. The molecule has 4 aromatic carbocycles.